The summed E-state index contributed by atoms with van der Waals surface area (Å²) in [5, 5.41) is 0. The van der Waals surface area contributed by atoms with Gasteiger partial charge in [-0.2, -0.15) is 0 Å². The quantitative estimate of drug-likeness (QED) is 0.530. The van der Waals surface area contributed by atoms with Gasteiger partial charge in [-0.1, -0.05) is 37.1 Å². The van der Waals surface area contributed by atoms with Crippen molar-refractivity contribution in [1.29, 1.82) is 0 Å². The van der Waals surface area contributed by atoms with E-state index in [-0.39, 0.29) is 24.3 Å². The fourth-order valence-corrected chi connectivity index (χ4v) is 5.90. The molecule has 27 heavy (non-hydrogen) atoms. The van der Waals surface area contributed by atoms with Crippen LogP contribution >= 0.6 is 0 Å². The van der Waals surface area contributed by atoms with E-state index in [2.05, 4.69) is 46.8 Å². The fraction of sp³-hybridized carbons (Fsp3) is 0.783. The molecule has 0 aromatic carbocycles. The van der Waals surface area contributed by atoms with Crippen LogP contribution < -0.4 is 0 Å². The molecule has 0 saturated carbocycles. The van der Waals surface area contributed by atoms with Gasteiger partial charge in [-0.3, -0.25) is 4.79 Å². The number of carbonyl (C=O) groups is 1. The van der Waals surface area contributed by atoms with E-state index in [4.69, 9.17) is 14.2 Å². The molecule has 0 N–H and O–H groups in total. The van der Waals surface area contributed by atoms with E-state index in [1.54, 1.807) is 7.11 Å². The third-order valence-electron chi connectivity index (χ3n) is 6.94. The van der Waals surface area contributed by atoms with Crippen molar-refractivity contribution in [2.24, 2.45) is 23.7 Å². The molecule has 3 rings (SSSR count). The Labute approximate surface area is 164 Å². The maximum atomic E-state index is 12.0. The summed E-state index contributed by atoms with van der Waals surface area (Å²) in [7, 11) is 1.80. The lowest BCUT2D eigenvalue weighted by atomic mass is 9.62. The lowest BCUT2D eigenvalue weighted by Gasteiger charge is -2.46. The molecule has 2 heterocycles. The van der Waals surface area contributed by atoms with Gasteiger partial charge in [0.25, 0.3) is 0 Å². The van der Waals surface area contributed by atoms with E-state index in [0.29, 0.717) is 23.7 Å². The Balaban J connectivity index is 2.11. The molecule has 2 bridgehead atoms. The summed E-state index contributed by atoms with van der Waals surface area (Å²) >= 11 is 0. The summed E-state index contributed by atoms with van der Waals surface area (Å²) in [6.07, 6.45) is 7.35. The van der Waals surface area contributed by atoms with E-state index >= 15 is 0 Å². The first kappa shape index (κ1) is 20.6. The molecule has 1 fully saturated rings. The Kier molecular flexibility index (Phi) is 5.88. The SMILES string of the molecule is COC1C=C(C)C2C3CC(C)=CCCC(C)(OC(C)=O)C(O3)C2C1C(C)C. The van der Waals surface area contributed by atoms with Crippen molar-refractivity contribution < 1.29 is 19.0 Å². The van der Waals surface area contributed by atoms with Crippen LogP contribution in [0.4, 0.5) is 0 Å². The summed E-state index contributed by atoms with van der Waals surface area (Å²) in [4.78, 5) is 12.0. The van der Waals surface area contributed by atoms with Crippen LogP contribution in [0.25, 0.3) is 0 Å². The predicted octanol–water partition coefficient (Wildman–Crippen LogP) is 4.69. The van der Waals surface area contributed by atoms with Crippen molar-refractivity contribution in [1.82, 2.24) is 0 Å². The van der Waals surface area contributed by atoms with Gasteiger partial charge < -0.3 is 14.2 Å². The molecular weight excluding hydrogens is 340 g/mol. The number of methoxy groups -OCH3 is 1. The highest BCUT2D eigenvalue weighted by molar-refractivity contribution is 5.66. The van der Waals surface area contributed by atoms with Gasteiger partial charge in [-0.25, -0.2) is 0 Å². The number of fused-ring (bicyclic) bond motifs is 5. The van der Waals surface area contributed by atoms with Crippen LogP contribution in [0.3, 0.4) is 0 Å². The minimum atomic E-state index is -0.617. The first-order chi connectivity index (χ1) is 12.7. The molecule has 0 aromatic rings. The second-order valence-electron chi connectivity index (χ2n) is 9.33. The number of carbonyl (C=O) groups excluding carboxylic acids is 1. The number of rotatable bonds is 3. The molecule has 4 nitrogen and oxygen atoms in total. The highest BCUT2D eigenvalue weighted by Crippen LogP contribution is 2.54. The van der Waals surface area contributed by atoms with E-state index in [1.165, 1.54) is 18.1 Å². The molecule has 0 aromatic heterocycles. The molecule has 7 unspecified atom stereocenters. The lowest BCUT2D eigenvalue weighted by Crippen LogP contribution is -2.52. The molecule has 7 atom stereocenters. The van der Waals surface area contributed by atoms with E-state index < -0.39 is 5.60 Å². The monoisotopic (exact) mass is 376 g/mol. The number of ether oxygens (including phenoxy) is 3. The van der Waals surface area contributed by atoms with Crippen molar-refractivity contribution in [3.05, 3.63) is 23.3 Å². The third kappa shape index (κ3) is 3.75. The highest BCUT2D eigenvalue weighted by atomic mass is 16.6. The minimum absolute atomic E-state index is 0.0808. The fourth-order valence-electron chi connectivity index (χ4n) is 5.90. The van der Waals surface area contributed by atoms with Gasteiger partial charge in [0.1, 0.15) is 11.7 Å². The Morgan fingerprint density at radius 2 is 2.04 bits per heavy atom. The Bertz CT molecular complexity index is 634. The van der Waals surface area contributed by atoms with Crippen molar-refractivity contribution in [2.75, 3.05) is 7.11 Å². The van der Waals surface area contributed by atoms with Gasteiger partial charge in [0, 0.05) is 25.9 Å². The number of hydrogen-bond acceptors (Lipinski definition) is 4. The van der Waals surface area contributed by atoms with E-state index in [1.807, 2.05) is 0 Å². The number of allylic oxidation sites excluding steroid dienone is 1. The zero-order valence-corrected chi connectivity index (χ0v) is 18.0. The normalized spacial score (nSPS) is 41.8. The van der Waals surface area contributed by atoms with Gasteiger partial charge in [-0.15, -0.1) is 0 Å². The largest absolute Gasteiger partial charge is 0.457 e. The van der Waals surface area contributed by atoms with E-state index in [0.717, 1.165) is 19.3 Å². The predicted molar refractivity (Wildman–Crippen MR) is 106 cm³/mol. The van der Waals surface area contributed by atoms with Crippen LogP contribution in [0.15, 0.2) is 23.3 Å². The van der Waals surface area contributed by atoms with E-state index in [9.17, 15) is 4.79 Å². The summed E-state index contributed by atoms with van der Waals surface area (Å²) in [6.45, 7) is 12.5. The average molecular weight is 377 g/mol. The zero-order valence-electron chi connectivity index (χ0n) is 18.0. The second-order valence-corrected chi connectivity index (χ2v) is 9.33. The topological polar surface area (TPSA) is 44.8 Å². The van der Waals surface area contributed by atoms with Crippen LogP contribution in [0.5, 0.6) is 0 Å². The Morgan fingerprint density at radius 1 is 1.33 bits per heavy atom. The van der Waals surface area contributed by atoms with Crippen LogP contribution in [0.1, 0.15) is 60.8 Å². The van der Waals surface area contributed by atoms with Crippen molar-refractivity contribution >= 4 is 5.97 Å². The number of hydrogen-bond donors (Lipinski definition) is 0. The molecule has 1 saturated heterocycles. The molecular formula is C23H36O4. The van der Waals surface area contributed by atoms with Gasteiger partial charge in [0.15, 0.2) is 0 Å². The molecule has 3 aliphatic rings. The summed E-state index contributed by atoms with van der Waals surface area (Å²) in [5.41, 5.74) is 2.11. The van der Waals surface area contributed by atoms with Gasteiger partial charge >= 0.3 is 5.97 Å². The van der Waals surface area contributed by atoms with Crippen LogP contribution in [0, 0.1) is 23.7 Å². The summed E-state index contributed by atoms with van der Waals surface area (Å²) in [5.74, 6) is 1.22. The van der Waals surface area contributed by atoms with Crippen LogP contribution in [0.2, 0.25) is 0 Å². The van der Waals surface area contributed by atoms with Crippen molar-refractivity contribution in [2.45, 2.75) is 84.7 Å². The summed E-state index contributed by atoms with van der Waals surface area (Å²) < 4.78 is 18.6. The van der Waals surface area contributed by atoms with Gasteiger partial charge in [0.05, 0.1) is 12.2 Å². The van der Waals surface area contributed by atoms with Crippen molar-refractivity contribution in [3.63, 3.8) is 0 Å². The molecule has 152 valence electrons. The maximum absolute atomic E-state index is 12.0. The number of esters is 1. The molecule has 0 amide bonds. The van der Waals surface area contributed by atoms with Gasteiger partial charge in [-0.05, 0) is 51.9 Å². The Morgan fingerprint density at radius 3 is 2.63 bits per heavy atom. The minimum Gasteiger partial charge on any atom is -0.457 e. The van der Waals surface area contributed by atoms with Crippen LogP contribution in [-0.4, -0.2) is 37.0 Å². The molecule has 2 aliphatic heterocycles. The van der Waals surface area contributed by atoms with Crippen LogP contribution in [-0.2, 0) is 19.0 Å². The standard InChI is InChI=1S/C23H36O4/c1-13(2)19-17(25-7)12-15(4)20-18-11-14(3)9-8-10-23(6,27-16(5)24)22(26-18)21(19)20/h9,12-13,17-22H,8,10-11H2,1-7H3. The second kappa shape index (κ2) is 7.71. The van der Waals surface area contributed by atoms with Crippen molar-refractivity contribution in [3.8, 4) is 0 Å². The highest BCUT2D eigenvalue weighted by Gasteiger charge is 2.59. The summed E-state index contributed by atoms with van der Waals surface area (Å²) in [6, 6.07) is 0. The lowest BCUT2D eigenvalue weighted by molar-refractivity contribution is -0.180. The molecule has 0 spiro atoms. The smallest absolute Gasteiger partial charge is 0.303 e. The third-order valence-corrected chi connectivity index (χ3v) is 6.94. The first-order valence-corrected chi connectivity index (χ1v) is 10.4. The molecule has 0 radical (unpaired) electrons. The molecule has 1 aliphatic carbocycles. The zero-order chi connectivity index (χ0) is 19.9. The van der Waals surface area contributed by atoms with Gasteiger partial charge in [0.2, 0.25) is 0 Å². The average Bonchev–Trinajstić information content (AvgIpc) is 2.95. The first-order valence-electron chi connectivity index (χ1n) is 10.4. The Hall–Kier alpha value is -1.13. The maximum Gasteiger partial charge on any atom is 0.303 e. The molecule has 4 heteroatoms.